The molecule has 4 rings (SSSR count). The molecule has 1 saturated heterocycles. The Bertz CT molecular complexity index is 1290. The van der Waals surface area contributed by atoms with Crippen molar-refractivity contribution in [1.82, 2.24) is 4.90 Å². The summed E-state index contributed by atoms with van der Waals surface area (Å²) in [6.07, 6.45) is 3.41. The molecule has 0 radical (unpaired) electrons. The molecule has 2 aliphatic carbocycles. The lowest BCUT2D eigenvalue weighted by Crippen LogP contribution is -2.51. The Labute approximate surface area is 253 Å². The SMILES string of the molecule is CCC(=O)C(=O)C(CC(=O)[C@@H]1[C@@H]2[C@H](CN1C(=O)[C@@H](CC(=O)Oc1ccc([N+](=O)[O-])cc1)C(C)(C)C)C2(C)C)CC1CCC1. The summed E-state index contributed by atoms with van der Waals surface area (Å²) in [7, 11) is 0. The van der Waals surface area contributed by atoms with Crippen LogP contribution in [-0.2, 0) is 24.0 Å². The van der Waals surface area contributed by atoms with E-state index in [1.165, 1.54) is 24.3 Å². The predicted octanol–water partition coefficient (Wildman–Crippen LogP) is 5.35. The van der Waals surface area contributed by atoms with Crippen molar-refractivity contribution >= 4 is 34.9 Å². The highest BCUT2D eigenvalue weighted by atomic mass is 16.6. The highest BCUT2D eigenvalue weighted by Crippen LogP contribution is 2.65. The summed E-state index contributed by atoms with van der Waals surface area (Å²) < 4.78 is 5.42. The van der Waals surface area contributed by atoms with Crippen LogP contribution < -0.4 is 4.74 Å². The van der Waals surface area contributed by atoms with E-state index in [9.17, 15) is 34.1 Å². The second-order valence-electron chi connectivity index (χ2n) is 14.3. The fourth-order valence-corrected chi connectivity index (χ4v) is 7.00. The molecule has 5 atom stereocenters. The van der Waals surface area contributed by atoms with Crippen molar-refractivity contribution in [3.05, 3.63) is 34.4 Å². The molecule has 0 N–H and O–H groups in total. The average Bonchev–Trinajstić information content (AvgIpc) is 3.22. The number of hydrogen-bond donors (Lipinski definition) is 0. The quantitative estimate of drug-likeness (QED) is 0.0976. The van der Waals surface area contributed by atoms with Gasteiger partial charge in [-0.1, -0.05) is 60.8 Å². The molecule has 1 amide bonds. The van der Waals surface area contributed by atoms with Gasteiger partial charge in [-0.2, -0.15) is 0 Å². The molecule has 3 aliphatic rings. The number of fused-ring (bicyclic) bond motifs is 1. The largest absolute Gasteiger partial charge is 0.427 e. The summed E-state index contributed by atoms with van der Waals surface area (Å²) in [5.41, 5.74) is -0.905. The van der Waals surface area contributed by atoms with E-state index in [1.54, 1.807) is 11.8 Å². The number of likely N-dealkylation sites (tertiary alicyclic amines) is 1. The zero-order valence-corrected chi connectivity index (χ0v) is 26.1. The third kappa shape index (κ3) is 6.88. The lowest BCUT2D eigenvalue weighted by Gasteiger charge is -2.37. The molecule has 3 fully saturated rings. The number of rotatable bonds is 13. The number of piperidine rings is 1. The number of nitro groups is 1. The first-order valence-corrected chi connectivity index (χ1v) is 15.4. The fourth-order valence-electron chi connectivity index (χ4n) is 7.00. The maximum absolute atomic E-state index is 14.2. The van der Waals surface area contributed by atoms with Crippen LogP contribution in [0.4, 0.5) is 5.69 Å². The molecule has 0 bridgehead atoms. The van der Waals surface area contributed by atoms with Gasteiger partial charge in [0.1, 0.15) is 5.75 Å². The Morgan fingerprint density at radius 1 is 1.07 bits per heavy atom. The zero-order valence-electron chi connectivity index (χ0n) is 26.1. The molecular formula is C33H44N2O8. The molecule has 10 heteroatoms. The van der Waals surface area contributed by atoms with Crippen LogP contribution in [0.3, 0.4) is 0 Å². The van der Waals surface area contributed by atoms with Gasteiger partial charge in [0.15, 0.2) is 11.6 Å². The molecule has 1 heterocycles. The van der Waals surface area contributed by atoms with E-state index in [0.717, 1.165) is 19.3 Å². The second kappa shape index (κ2) is 12.3. The predicted molar refractivity (Wildman–Crippen MR) is 158 cm³/mol. The van der Waals surface area contributed by atoms with E-state index in [1.807, 2.05) is 20.8 Å². The normalized spacial score (nSPS) is 23.9. The summed E-state index contributed by atoms with van der Waals surface area (Å²) >= 11 is 0. The number of carbonyl (C=O) groups excluding carboxylic acids is 5. The van der Waals surface area contributed by atoms with Crippen molar-refractivity contribution in [2.75, 3.05) is 6.54 Å². The molecule has 0 spiro atoms. The van der Waals surface area contributed by atoms with Gasteiger partial charge in [-0.3, -0.25) is 34.1 Å². The summed E-state index contributed by atoms with van der Waals surface area (Å²) in [5, 5.41) is 10.9. The van der Waals surface area contributed by atoms with E-state index < -0.39 is 45.8 Å². The van der Waals surface area contributed by atoms with E-state index >= 15 is 0 Å². The number of amides is 1. The summed E-state index contributed by atoms with van der Waals surface area (Å²) in [5.74, 6) is -2.97. The number of nitro benzene ring substituents is 1. The van der Waals surface area contributed by atoms with Crippen molar-refractivity contribution in [1.29, 1.82) is 0 Å². The maximum atomic E-state index is 14.2. The van der Waals surface area contributed by atoms with E-state index in [-0.39, 0.29) is 59.6 Å². The minimum atomic E-state index is -0.789. The molecule has 0 aromatic heterocycles. The van der Waals surface area contributed by atoms with Gasteiger partial charge >= 0.3 is 5.97 Å². The molecule has 1 aromatic rings. The first-order valence-electron chi connectivity index (χ1n) is 15.4. The highest BCUT2D eigenvalue weighted by molar-refractivity contribution is 6.38. The Balaban J connectivity index is 1.52. The average molecular weight is 597 g/mol. The minimum Gasteiger partial charge on any atom is -0.427 e. The van der Waals surface area contributed by atoms with E-state index in [2.05, 4.69) is 13.8 Å². The van der Waals surface area contributed by atoms with Gasteiger partial charge in [0.05, 0.1) is 23.3 Å². The first-order chi connectivity index (χ1) is 20.1. The monoisotopic (exact) mass is 596 g/mol. The summed E-state index contributed by atoms with van der Waals surface area (Å²) in [6, 6.07) is 4.43. The van der Waals surface area contributed by atoms with Gasteiger partial charge < -0.3 is 9.64 Å². The van der Waals surface area contributed by atoms with Gasteiger partial charge in [0.2, 0.25) is 11.7 Å². The van der Waals surface area contributed by atoms with E-state index in [0.29, 0.717) is 18.9 Å². The van der Waals surface area contributed by atoms with Crippen LogP contribution in [0.25, 0.3) is 0 Å². The molecule has 1 aromatic carbocycles. The van der Waals surface area contributed by atoms with Crippen molar-refractivity contribution in [2.24, 2.45) is 40.4 Å². The summed E-state index contributed by atoms with van der Waals surface area (Å²) in [4.78, 5) is 78.6. The van der Waals surface area contributed by atoms with Crippen molar-refractivity contribution < 1.29 is 33.6 Å². The molecule has 1 aliphatic heterocycles. The van der Waals surface area contributed by atoms with Gasteiger partial charge in [0.25, 0.3) is 5.69 Å². The Morgan fingerprint density at radius 2 is 1.70 bits per heavy atom. The first kappa shape index (κ1) is 32.5. The van der Waals surface area contributed by atoms with Gasteiger partial charge in [0, 0.05) is 37.4 Å². The molecule has 1 unspecified atom stereocenters. The van der Waals surface area contributed by atoms with Crippen LogP contribution in [0.2, 0.25) is 0 Å². The number of Topliss-reactive ketones (excluding diaryl/α,β-unsaturated/α-hetero) is 3. The standard InChI is InChI=1S/C33H44N2O8/c1-7-25(36)30(39)20(15-19-9-8-10-19)16-26(37)29-28-24(33(28,5)6)18-34(29)31(40)23(32(2,3)4)17-27(38)43-22-13-11-21(12-14-22)35(41)42/h11-14,19-20,23-24,28-29H,7-10,15-18H2,1-6H3/t20?,23-,24+,28+,29-/m1/s1. The van der Waals surface area contributed by atoms with Gasteiger partial charge in [-0.05, 0) is 47.1 Å². The smallest absolute Gasteiger partial charge is 0.312 e. The number of esters is 1. The van der Waals surface area contributed by atoms with Crippen LogP contribution in [-0.4, -0.2) is 51.6 Å². The molecular weight excluding hydrogens is 552 g/mol. The number of nitrogens with zero attached hydrogens (tertiary/aromatic N) is 2. The molecule has 10 nitrogen and oxygen atoms in total. The van der Waals surface area contributed by atoms with Gasteiger partial charge in [-0.25, -0.2) is 0 Å². The molecule has 234 valence electrons. The van der Waals surface area contributed by atoms with Crippen LogP contribution in [0.1, 0.15) is 86.5 Å². The number of ether oxygens (including phenoxy) is 1. The topological polar surface area (TPSA) is 141 Å². The third-order valence-corrected chi connectivity index (χ3v) is 10.1. The molecule has 43 heavy (non-hydrogen) atoms. The third-order valence-electron chi connectivity index (χ3n) is 10.1. The fraction of sp³-hybridized carbons (Fsp3) is 0.667. The number of hydrogen-bond acceptors (Lipinski definition) is 8. The maximum Gasteiger partial charge on any atom is 0.312 e. The number of carbonyl (C=O) groups is 5. The summed E-state index contributed by atoms with van der Waals surface area (Å²) in [6.45, 7) is 11.8. The lowest BCUT2D eigenvalue weighted by molar-refractivity contribution is -0.384. The Hall–Kier alpha value is -3.43. The Kier molecular flexibility index (Phi) is 9.28. The van der Waals surface area contributed by atoms with Gasteiger partial charge in [-0.15, -0.1) is 0 Å². The lowest BCUT2D eigenvalue weighted by atomic mass is 9.75. The Morgan fingerprint density at radius 3 is 2.21 bits per heavy atom. The minimum absolute atomic E-state index is 0.0436. The molecule has 2 saturated carbocycles. The van der Waals surface area contributed by atoms with Crippen LogP contribution >= 0.6 is 0 Å². The van der Waals surface area contributed by atoms with Crippen LogP contribution in [0, 0.1) is 50.5 Å². The van der Waals surface area contributed by atoms with Crippen molar-refractivity contribution in [2.45, 2.75) is 92.5 Å². The number of ketones is 3. The highest BCUT2D eigenvalue weighted by Gasteiger charge is 2.69. The second-order valence-corrected chi connectivity index (χ2v) is 14.3. The zero-order chi connectivity index (χ0) is 31.9. The van der Waals surface area contributed by atoms with Crippen molar-refractivity contribution in [3.8, 4) is 5.75 Å². The van der Waals surface area contributed by atoms with E-state index in [4.69, 9.17) is 4.74 Å². The van der Waals surface area contributed by atoms with Crippen LogP contribution in [0.5, 0.6) is 5.75 Å². The number of benzene rings is 1. The van der Waals surface area contributed by atoms with Crippen molar-refractivity contribution in [3.63, 3.8) is 0 Å². The number of non-ortho nitro benzene ring substituents is 1. The van der Waals surface area contributed by atoms with Crippen LogP contribution in [0.15, 0.2) is 24.3 Å².